The predicted molar refractivity (Wildman–Crippen MR) is 95.4 cm³/mol. The zero-order valence-corrected chi connectivity index (χ0v) is 14.9. The lowest BCUT2D eigenvalue weighted by Crippen LogP contribution is -2.26. The SMILES string of the molecule is CNC(=O)C(C)/C(C)=C\C(=N\O)Oc1ccn(-c2ccc(Cl)cc2)n1. The molecule has 0 aliphatic heterocycles. The topological polar surface area (TPSA) is 88.7 Å². The number of halogens is 1. The van der Waals surface area contributed by atoms with Gasteiger partial charge in [-0.25, -0.2) is 4.68 Å². The van der Waals surface area contributed by atoms with Gasteiger partial charge in [-0.1, -0.05) is 17.2 Å². The highest BCUT2D eigenvalue weighted by molar-refractivity contribution is 6.30. The average Bonchev–Trinajstić information content (AvgIpc) is 3.08. The van der Waals surface area contributed by atoms with Crippen molar-refractivity contribution in [3.8, 4) is 11.6 Å². The van der Waals surface area contributed by atoms with Crippen molar-refractivity contribution in [1.82, 2.24) is 15.1 Å². The number of amides is 1. The maximum absolute atomic E-state index is 11.6. The van der Waals surface area contributed by atoms with Crippen LogP contribution in [0.4, 0.5) is 0 Å². The van der Waals surface area contributed by atoms with Crippen molar-refractivity contribution in [2.45, 2.75) is 13.8 Å². The van der Waals surface area contributed by atoms with Crippen molar-refractivity contribution < 1.29 is 14.7 Å². The molecule has 8 heteroatoms. The van der Waals surface area contributed by atoms with Gasteiger partial charge in [0, 0.05) is 30.4 Å². The van der Waals surface area contributed by atoms with E-state index in [0.29, 0.717) is 10.6 Å². The Labute approximate surface area is 150 Å². The molecule has 0 saturated heterocycles. The minimum atomic E-state index is -0.378. The average molecular weight is 363 g/mol. The highest BCUT2D eigenvalue weighted by atomic mass is 35.5. The second-order valence-electron chi connectivity index (χ2n) is 5.34. The van der Waals surface area contributed by atoms with E-state index in [0.717, 1.165) is 5.69 Å². The molecular formula is C17H19ClN4O3. The Morgan fingerprint density at radius 1 is 1.40 bits per heavy atom. The van der Waals surface area contributed by atoms with Crippen LogP contribution in [0.1, 0.15) is 13.8 Å². The molecule has 0 bridgehead atoms. The van der Waals surface area contributed by atoms with Gasteiger partial charge in [-0.3, -0.25) is 4.79 Å². The maximum atomic E-state index is 11.6. The number of benzene rings is 1. The maximum Gasteiger partial charge on any atom is 0.256 e. The van der Waals surface area contributed by atoms with Gasteiger partial charge < -0.3 is 15.3 Å². The molecule has 1 atom stereocenters. The van der Waals surface area contributed by atoms with Crippen molar-refractivity contribution in [3.63, 3.8) is 0 Å². The molecule has 0 fully saturated rings. The molecule has 1 aromatic carbocycles. The van der Waals surface area contributed by atoms with Gasteiger partial charge in [0.15, 0.2) is 0 Å². The molecule has 7 nitrogen and oxygen atoms in total. The molecule has 0 aliphatic rings. The molecule has 0 radical (unpaired) electrons. The molecule has 25 heavy (non-hydrogen) atoms. The van der Waals surface area contributed by atoms with Crippen LogP contribution in [0.5, 0.6) is 5.88 Å². The molecule has 1 aromatic heterocycles. The summed E-state index contributed by atoms with van der Waals surface area (Å²) < 4.78 is 7.06. The molecule has 1 unspecified atom stereocenters. The van der Waals surface area contributed by atoms with E-state index in [9.17, 15) is 4.79 Å². The Bertz CT molecular complexity index is 796. The highest BCUT2D eigenvalue weighted by Gasteiger charge is 2.14. The van der Waals surface area contributed by atoms with Crippen LogP contribution >= 0.6 is 11.6 Å². The normalized spacial score (nSPS) is 13.4. The fourth-order valence-electron chi connectivity index (χ4n) is 2.03. The summed E-state index contributed by atoms with van der Waals surface area (Å²) in [4.78, 5) is 11.6. The highest BCUT2D eigenvalue weighted by Crippen LogP contribution is 2.16. The second kappa shape index (κ2) is 8.34. The van der Waals surface area contributed by atoms with Gasteiger partial charge >= 0.3 is 0 Å². The molecule has 1 amide bonds. The third-order valence-corrected chi connectivity index (χ3v) is 3.89. The van der Waals surface area contributed by atoms with Crippen LogP contribution in [-0.2, 0) is 4.79 Å². The molecular weight excluding hydrogens is 344 g/mol. The van der Waals surface area contributed by atoms with E-state index in [1.807, 2.05) is 12.1 Å². The Hall–Kier alpha value is -2.80. The van der Waals surface area contributed by atoms with Crippen LogP contribution in [0.25, 0.3) is 5.69 Å². The molecule has 1 heterocycles. The first-order chi connectivity index (χ1) is 11.9. The number of oxime groups is 1. The monoisotopic (exact) mass is 362 g/mol. The second-order valence-corrected chi connectivity index (χ2v) is 5.78. The third kappa shape index (κ3) is 4.84. The van der Waals surface area contributed by atoms with E-state index >= 15 is 0 Å². The fourth-order valence-corrected chi connectivity index (χ4v) is 2.15. The largest absolute Gasteiger partial charge is 0.416 e. The van der Waals surface area contributed by atoms with E-state index in [4.69, 9.17) is 21.5 Å². The first kappa shape index (κ1) is 18.5. The number of ether oxygens (including phenoxy) is 1. The first-order valence-electron chi connectivity index (χ1n) is 7.56. The van der Waals surface area contributed by atoms with Gasteiger partial charge in [0.1, 0.15) is 0 Å². The van der Waals surface area contributed by atoms with Crippen molar-refractivity contribution in [1.29, 1.82) is 0 Å². The summed E-state index contributed by atoms with van der Waals surface area (Å²) in [5, 5.41) is 19.7. The van der Waals surface area contributed by atoms with Crippen molar-refractivity contribution in [2.75, 3.05) is 7.05 Å². The smallest absolute Gasteiger partial charge is 0.256 e. The Kier molecular flexibility index (Phi) is 6.19. The quantitative estimate of drug-likeness (QED) is 0.370. The third-order valence-electron chi connectivity index (χ3n) is 3.64. The summed E-state index contributed by atoms with van der Waals surface area (Å²) in [6.07, 6.45) is 3.19. The van der Waals surface area contributed by atoms with E-state index in [1.165, 1.54) is 6.08 Å². The summed E-state index contributed by atoms with van der Waals surface area (Å²) in [7, 11) is 1.56. The minimum absolute atomic E-state index is 0.0605. The van der Waals surface area contributed by atoms with Gasteiger partial charge in [-0.2, -0.15) is 0 Å². The molecule has 0 aliphatic carbocycles. The lowest BCUT2D eigenvalue weighted by Gasteiger charge is -2.10. The van der Waals surface area contributed by atoms with Crippen LogP contribution in [-0.4, -0.2) is 33.8 Å². The summed E-state index contributed by atoms with van der Waals surface area (Å²) in [6.45, 7) is 3.50. The van der Waals surface area contributed by atoms with Gasteiger partial charge in [0.25, 0.3) is 5.90 Å². The van der Waals surface area contributed by atoms with Crippen LogP contribution in [0.3, 0.4) is 0 Å². The van der Waals surface area contributed by atoms with E-state index in [2.05, 4.69) is 15.6 Å². The van der Waals surface area contributed by atoms with Gasteiger partial charge in [0.05, 0.1) is 11.6 Å². The predicted octanol–water partition coefficient (Wildman–Crippen LogP) is 3.02. The number of rotatable bonds is 5. The lowest BCUT2D eigenvalue weighted by molar-refractivity contribution is -0.122. The van der Waals surface area contributed by atoms with Gasteiger partial charge in [0.2, 0.25) is 11.8 Å². The van der Waals surface area contributed by atoms with Crippen molar-refractivity contribution in [3.05, 3.63) is 53.2 Å². The van der Waals surface area contributed by atoms with Gasteiger partial charge in [-0.05, 0) is 43.3 Å². The Morgan fingerprint density at radius 3 is 2.68 bits per heavy atom. The zero-order chi connectivity index (χ0) is 18.4. The lowest BCUT2D eigenvalue weighted by atomic mass is 10.0. The van der Waals surface area contributed by atoms with Crippen LogP contribution in [0.2, 0.25) is 5.02 Å². The number of hydrogen-bond donors (Lipinski definition) is 2. The number of hydrogen-bond acceptors (Lipinski definition) is 5. The van der Waals surface area contributed by atoms with E-state index in [-0.39, 0.29) is 23.6 Å². The zero-order valence-electron chi connectivity index (χ0n) is 14.1. The molecule has 2 N–H and O–H groups in total. The summed E-state index contributed by atoms with van der Waals surface area (Å²) >= 11 is 5.87. The van der Waals surface area contributed by atoms with Crippen LogP contribution in [0.15, 0.2) is 53.3 Å². The number of carbonyl (C=O) groups is 1. The standard InChI is InChI=1S/C17H19ClN4O3/c1-11(12(2)17(23)19-3)10-16(21-24)25-15-8-9-22(20-15)14-6-4-13(18)5-7-14/h4-10,12,24H,1-3H3,(H,19,23)/b11-10-,21-16-. The van der Waals surface area contributed by atoms with Crippen LogP contribution < -0.4 is 10.1 Å². The number of carbonyl (C=O) groups excluding carboxylic acids is 1. The van der Waals surface area contributed by atoms with Gasteiger partial charge in [-0.15, -0.1) is 5.10 Å². The van der Waals surface area contributed by atoms with Crippen molar-refractivity contribution >= 4 is 23.4 Å². The number of aromatic nitrogens is 2. The van der Waals surface area contributed by atoms with Crippen LogP contribution in [0, 0.1) is 5.92 Å². The number of nitrogens with zero attached hydrogens (tertiary/aromatic N) is 3. The van der Waals surface area contributed by atoms with Crippen molar-refractivity contribution in [2.24, 2.45) is 11.1 Å². The molecule has 0 spiro atoms. The summed E-state index contributed by atoms with van der Waals surface area (Å²) in [5.41, 5.74) is 1.49. The Balaban J connectivity index is 2.12. The first-order valence-corrected chi connectivity index (χ1v) is 7.93. The molecule has 2 aromatic rings. The minimum Gasteiger partial charge on any atom is -0.416 e. The fraction of sp³-hybridized carbons (Fsp3) is 0.235. The number of nitrogens with one attached hydrogen (secondary N) is 1. The van der Waals surface area contributed by atoms with E-state index < -0.39 is 0 Å². The summed E-state index contributed by atoms with van der Waals surface area (Å²) in [6, 6.07) is 8.77. The Morgan fingerprint density at radius 2 is 2.08 bits per heavy atom. The van der Waals surface area contributed by atoms with E-state index in [1.54, 1.807) is 50.0 Å². The summed E-state index contributed by atoms with van der Waals surface area (Å²) in [5.74, 6) is -0.330. The molecule has 0 saturated carbocycles. The molecule has 2 rings (SSSR count). The molecule has 132 valence electrons.